The van der Waals surface area contributed by atoms with E-state index >= 15 is 4.39 Å². The molecule has 0 aliphatic rings. The molecule has 0 bridgehead atoms. The Morgan fingerprint density at radius 3 is 2.35 bits per heavy atom. The van der Waals surface area contributed by atoms with Crippen LogP contribution in [0.3, 0.4) is 0 Å². The van der Waals surface area contributed by atoms with Crippen molar-refractivity contribution in [1.29, 1.82) is 0 Å². The summed E-state index contributed by atoms with van der Waals surface area (Å²) in [5.74, 6) is 0.376. The minimum Gasteiger partial charge on any atom is -0.455 e. The van der Waals surface area contributed by atoms with Crippen LogP contribution < -0.4 is 0 Å². The summed E-state index contributed by atoms with van der Waals surface area (Å²) in [4.78, 5) is 10.0. The second-order valence-corrected chi connectivity index (χ2v) is 8.42. The molecule has 0 spiro atoms. The Kier molecular flexibility index (Phi) is 3.91. The zero-order chi connectivity index (χ0) is 22.8. The molecular formula is C29H18FN3O. The van der Waals surface area contributed by atoms with E-state index in [9.17, 15) is 0 Å². The van der Waals surface area contributed by atoms with Crippen molar-refractivity contribution in [1.82, 2.24) is 14.5 Å². The van der Waals surface area contributed by atoms with Crippen molar-refractivity contribution >= 4 is 43.9 Å². The van der Waals surface area contributed by atoms with Crippen molar-refractivity contribution in [2.24, 2.45) is 0 Å². The summed E-state index contributed by atoms with van der Waals surface area (Å²) >= 11 is 0. The Bertz CT molecular complexity index is 1880. The predicted octanol–water partition coefficient (Wildman–Crippen LogP) is 7.59. The number of halogens is 1. The molecule has 3 heterocycles. The SMILES string of the molecule is Cc1nc2ccccc2c2nc(-c3ccc(F)c4c3oc3ccccc34)n(-c3ccccc3)c12. The Balaban J connectivity index is 1.68. The summed E-state index contributed by atoms with van der Waals surface area (Å²) in [6.45, 7) is 2.00. The maximum atomic E-state index is 15.0. The molecule has 5 heteroatoms. The van der Waals surface area contributed by atoms with E-state index < -0.39 is 0 Å². The molecular weight excluding hydrogens is 425 g/mol. The van der Waals surface area contributed by atoms with Crippen LogP contribution in [0.1, 0.15) is 5.69 Å². The normalized spacial score (nSPS) is 11.8. The molecule has 7 rings (SSSR count). The van der Waals surface area contributed by atoms with Gasteiger partial charge in [-0.25, -0.2) is 9.37 Å². The first-order valence-electron chi connectivity index (χ1n) is 11.1. The van der Waals surface area contributed by atoms with Crippen molar-refractivity contribution in [3.63, 3.8) is 0 Å². The van der Waals surface area contributed by atoms with Crippen LogP contribution in [0.15, 0.2) is 95.4 Å². The van der Waals surface area contributed by atoms with E-state index in [-0.39, 0.29) is 5.82 Å². The molecule has 4 aromatic carbocycles. The maximum Gasteiger partial charge on any atom is 0.149 e. The molecule has 7 aromatic rings. The lowest BCUT2D eigenvalue weighted by Crippen LogP contribution is -2.00. The molecule has 0 fully saturated rings. The van der Waals surface area contributed by atoms with Gasteiger partial charge in [-0.15, -0.1) is 0 Å². The number of aromatic nitrogens is 3. The van der Waals surface area contributed by atoms with E-state index in [2.05, 4.69) is 4.57 Å². The maximum absolute atomic E-state index is 15.0. The smallest absolute Gasteiger partial charge is 0.149 e. The van der Waals surface area contributed by atoms with Gasteiger partial charge in [0, 0.05) is 16.5 Å². The number of furan rings is 1. The molecule has 4 nitrogen and oxygen atoms in total. The molecule has 0 aliphatic carbocycles. The second kappa shape index (κ2) is 6.99. The summed E-state index contributed by atoms with van der Waals surface area (Å²) in [5.41, 5.74) is 6.37. The van der Waals surface area contributed by atoms with Gasteiger partial charge >= 0.3 is 0 Å². The first-order valence-corrected chi connectivity index (χ1v) is 11.1. The zero-order valence-corrected chi connectivity index (χ0v) is 18.3. The highest BCUT2D eigenvalue weighted by Crippen LogP contribution is 2.40. The highest BCUT2D eigenvalue weighted by Gasteiger charge is 2.23. The highest BCUT2D eigenvalue weighted by molar-refractivity contribution is 6.11. The number of rotatable bonds is 2. The first-order chi connectivity index (χ1) is 16.7. The van der Waals surface area contributed by atoms with Gasteiger partial charge in [-0.05, 0) is 43.3 Å². The molecule has 0 radical (unpaired) electrons. The number of imidazole rings is 1. The Hall–Kier alpha value is -4.51. The van der Waals surface area contributed by atoms with Crippen LogP contribution in [0.2, 0.25) is 0 Å². The van der Waals surface area contributed by atoms with E-state index in [1.165, 1.54) is 6.07 Å². The van der Waals surface area contributed by atoms with Crippen LogP contribution in [0, 0.1) is 12.7 Å². The van der Waals surface area contributed by atoms with Crippen molar-refractivity contribution < 1.29 is 8.81 Å². The summed E-state index contributed by atoms with van der Waals surface area (Å²) < 4.78 is 23.4. The number of aryl methyl sites for hydroxylation is 1. The zero-order valence-electron chi connectivity index (χ0n) is 18.3. The fourth-order valence-electron chi connectivity index (χ4n) is 4.92. The lowest BCUT2D eigenvalue weighted by molar-refractivity contribution is 0.634. The first kappa shape index (κ1) is 19.0. The van der Waals surface area contributed by atoms with Crippen molar-refractivity contribution in [2.45, 2.75) is 6.92 Å². The standard InChI is InChI=1S/C29H18FN3O/c1-17-27-26(19-11-5-7-13-23(19)31-17)32-29(33(27)18-9-3-2-4-10-18)21-15-16-22(30)25-20-12-6-8-14-24(20)34-28(21)25/h2-16H,1H3. The van der Waals surface area contributed by atoms with E-state index in [4.69, 9.17) is 14.4 Å². The quantitative estimate of drug-likeness (QED) is 0.276. The largest absolute Gasteiger partial charge is 0.455 e. The second-order valence-electron chi connectivity index (χ2n) is 8.42. The molecule has 3 aromatic heterocycles. The Labute approximate surface area is 193 Å². The van der Waals surface area contributed by atoms with Gasteiger partial charge < -0.3 is 4.42 Å². The number of benzene rings is 4. The average Bonchev–Trinajstić information content (AvgIpc) is 3.46. The molecule has 0 aliphatic heterocycles. The molecule has 162 valence electrons. The number of pyridine rings is 1. The fourth-order valence-corrected chi connectivity index (χ4v) is 4.92. The Morgan fingerprint density at radius 2 is 1.50 bits per heavy atom. The van der Waals surface area contributed by atoms with E-state index in [1.54, 1.807) is 6.07 Å². The van der Waals surface area contributed by atoms with Crippen molar-refractivity contribution in [3.05, 3.63) is 103 Å². The van der Waals surface area contributed by atoms with Gasteiger partial charge in [-0.2, -0.15) is 0 Å². The third kappa shape index (κ3) is 2.58. The van der Waals surface area contributed by atoms with Crippen LogP contribution in [0.4, 0.5) is 4.39 Å². The van der Waals surface area contributed by atoms with Gasteiger partial charge in [0.2, 0.25) is 0 Å². The third-order valence-corrected chi connectivity index (χ3v) is 6.40. The third-order valence-electron chi connectivity index (χ3n) is 6.40. The van der Waals surface area contributed by atoms with Gasteiger partial charge in [-0.3, -0.25) is 9.55 Å². The molecule has 34 heavy (non-hydrogen) atoms. The number of fused-ring (bicyclic) bond motifs is 6. The topological polar surface area (TPSA) is 43.9 Å². The van der Waals surface area contributed by atoms with E-state index in [0.717, 1.165) is 44.3 Å². The van der Waals surface area contributed by atoms with Gasteiger partial charge in [0.1, 0.15) is 28.3 Å². The van der Waals surface area contributed by atoms with Gasteiger partial charge in [0.25, 0.3) is 0 Å². The molecule has 0 unspecified atom stereocenters. The Morgan fingerprint density at radius 1 is 0.765 bits per heavy atom. The minimum atomic E-state index is -0.311. The lowest BCUT2D eigenvalue weighted by Gasteiger charge is -2.11. The lowest BCUT2D eigenvalue weighted by atomic mass is 10.1. The molecule has 0 saturated heterocycles. The van der Waals surface area contributed by atoms with Crippen LogP contribution in [-0.2, 0) is 0 Å². The van der Waals surface area contributed by atoms with Gasteiger partial charge in [-0.1, -0.05) is 54.6 Å². The monoisotopic (exact) mass is 443 g/mol. The number of para-hydroxylation sites is 3. The fraction of sp³-hybridized carbons (Fsp3) is 0.0345. The van der Waals surface area contributed by atoms with Crippen LogP contribution in [-0.4, -0.2) is 14.5 Å². The van der Waals surface area contributed by atoms with E-state index in [0.29, 0.717) is 22.4 Å². The summed E-state index contributed by atoms with van der Waals surface area (Å²) in [6.07, 6.45) is 0. The molecule has 0 amide bonds. The van der Waals surface area contributed by atoms with Crippen LogP contribution in [0.25, 0.3) is 61.0 Å². The van der Waals surface area contributed by atoms with Crippen molar-refractivity contribution in [2.75, 3.05) is 0 Å². The van der Waals surface area contributed by atoms with Gasteiger partial charge in [0.15, 0.2) is 0 Å². The molecule has 0 N–H and O–H groups in total. The van der Waals surface area contributed by atoms with Crippen LogP contribution >= 0.6 is 0 Å². The summed E-state index contributed by atoms with van der Waals surface area (Å²) in [5, 5.41) is 2.20. The van der Waals surface area contributed by atoms with Gasteiger partial charge in [0.05, 0.1) is 27.7 Å². The number of hydrogen-bond acceptors (Lipinski definition) is 3. The predicted molar refractivity (Wildman–Crippen MR) is 134 cm³/mol. The number of hydrogen-bond donors (Lipinski definition) is 0. The summed E-state index contributed by atoms with van der Waals surface area (Å²) in [6, 6.07) is 28.9. The average molecular weight is 443 g/mol. The molecule has 0 saturated carbocycles. The minimum absolute atomic E-state index is 0.311. The molecule has 0 atom stereocenters. The van der Waals surface area contributed by atoms with E-state index in [1.807, 2.05) is 85.8 Å². The van der Waals surface area contributed by atoms with Crippen molar-refractivity contribution in [3.8, 4) is 17.1 Å². The summed E-state index contributed by atoms with van der Waals surface area (Å²) in [7, 11) is 0. The highest BCUT2D eigenvalue weighted by atomic mass is 19.1. The van der Waals surface area contributed by atoms with Crippen LogP contribution in [0.5, 0.6) is 0 Å². The number of nitrogens with zero attached hydrogens (tertiary/aromatic N) is 3.